The SMILES string of the molecule is Clc1ccccc1OP(n1cncn1)n1cncn1. The van der Waals surface area contributed by atoms with Gasteiger partial charge < -0.3 is 4.52 Å². The highest BCUT2D eigenvalue weighted by Crippen LogP contribution is 2.41. The molecule has 3 aromatic rings. The highest BCUT2D eigenvalue weighted by atomic mass is 35.5. The van der Waals surface area contributed by atoms with Crippen molar-refractivity contribution in [2.45, 2.75) is 0 Å². The van der Waals surface area contributed by atoms with Gasteiger partial charge in [0.1, 0.15) is 31.1 Å². The third kappa shape index (κ3) is 2.57. The second-order valence-corrected chi connectivity index (χ2v) is 5.32. The van der Waals surface area contributed by atoms with Crippen LogP contribution < -0.4 is 4.52 Å². The Hall–Kier alpha value is -1.98. The summed E-state index contributed by atoms with van der Waals surface area (Å²) in [5, 5.41) is 8.68. The van der Waals surface area contributed by atoms with Crippen LogP contribution in [0.25, 0.3) is 0 Å². The van der Waals surface area contributed by atoms with Crippen LogP contribution in [0.2, 0.25) is 5.02 Å². The minimum Gasteiger partial charge on any atom is -0.433 e. The third-order valence-corrected chi connectivity index (χ3v) is 3.97. The maximum absolute atomic E-state index is 6.09. The van der Waals surface area contributed by atoms with E-state index in [1.807, 2.05) is 12.1 Å². The Morgan fingerprint density at radius 2 is 1.63 bits per heavy atom. The number of rotatable bonds is 4. The third-order valence-electron chi connectivity index (χ3n) is 2.18. The van der Waals surface area contributed by atoms with Crippen LogP contribution in [-0.2, 0) is 0 Å². The molecular weight excluding hydrogens is 287 g/mol. The molecule has 3 rings (SSSR count). The second-order valence-electron chi connectivity index (χ2n) is 3.41. The maximum atomic E-state index is 6.09. The largest absolute Gasteiger partial charge is 0.433 e. The Morgan fingerprint density at radius 1 is 1.00 bits per heavy atom. The smallest absolute Gasteiger partial charge is 0.355 e. The lowest BCUT2D eigenvalue weighted by Gasteiger charge is -2.16. The topological polar surface area (TPSA) is 70.7 Å². The molecule has 0 atom stereocenters. The molecule has 0 bridgehead atoms. The number of hydrogen-bond donors (Lipinski definition) is 0. The zero-order valence-electron chi connectivity index (χ0n) is 9.54. The summed E-state index contributed by atoms with van der Waals surface area (Å²) in [4.78, 5) is 7.82. The van der Waals surface area contributed by atoms with E-state index in [1.165, 1.54) is 12.7 Å². The number of para-hydroxylation sites is 1. The molecule has 0 fully saturated rings. The number of nitrogens with zero attached hydrogens (tertiary/aromatic N) is 6. The first-order valence-corrected chi connectivity index (χ1v) is 6.81. The molecule has 0 spiro atoms. The lowest BCUT2D eigenvalue weighted by molar-refractivity contribution is 0.575. The molecule has 19 heavy (non-hydrogen) atoms. The summed E-state index contributed by atoms with van der Waals surface area (Å²) in [6.45, 7) is 0. The van der Waals surface area contributed by atoms with Crippen molar-refractivity contribution in [3.05, 3.63) is 54.6 Å². The lowest BCUT2D eigenvalue weighted by Crippen LogP contribution is -2.08. The van der Waals surface area contributed by atoms with E-state index in [0.29, 0.717) is 10.8 Å². The molecule has 0 aliphatic rings. The first-order chi connectivity index (χ1) is 9.34. The van der Waals surface area contributed by atoms with Crippen LogP contribution in [0.3, 0.4) is 0 Å². The fraction of sp³-hybridized carbons (Fsp3) is 0. The summed E-state index contributed by atoms with van der Waals surface area (Å²) >= 11 is 6.09. The van der Waals surface area contributed by atoms with E-state index in [0.717, 1.165) is 0 Å². The standard InChI is InChI=1S/C10H8ClN6OP/c11-9-3-1-2-4-10(9)18-19(16-7-12-5-14-16)17-8-13-6-15-17/h1-8H. The van der Waals surface area contributed by atoms with Crippen molar-refractivity contribution in [1.82, 2.24) is 29.1 Å². The first-order valence-electron chi connectivity index (χ1n) is 5.27. The van der Waals surface area contributed by atoms with Crippen molar-refractivity contribution in [2.75, 3.05) is 0 Å². The highest BCUT2D eigenvalue weighted by molar-refractivity contribution is 7.49. The van der Waals surface area contributed by atoms with E-state index in [9.17, 15) is 0 Å². The molecule has 0 saturated carbocycles. The van der Waals surface area contributed by atoms with E-state index < -0.39 is 8.45 Å². The molecule has 0 amide bonds. The maximum Gasteiger partial charge on any atom is 0.355 e. The van der Waals surface area contributed by atoms with Crippen molar-refractivity contribution in [1.29, 1.82) is 0 Å². The molecule has 7 nitrogen and oxygen atoms in total. The minimum absolute atomic E-state index is 0.523. The molecule has 0 aliphatic heterocycles. The first kappa shape index (κ1) is 12.1. The number of hydrogen-bond acceptors (Lipinski definition) is 5. The lowest BCUT2D eigenvalue weighted by atomic mass is 10.3. The quantitative estimate of drug-likeness (QED) is 0.690. The summed E-state index contributed by atoms with van der Waals surface area (Å²) in [5.74, 6) is 0.557. The average molecular weight is 295 g/mol. The van der Waals surface area contributed by atoms with Gasteiger partial charge in [-0.2, -0.15) is 19.1 Å². The second kappa shape index (κ2) is 5.34. The summed E-state index contributed by atoms with van der Waals surface area (Å²) in [6, 6.07) is 7.22. The molecular formula is C10H8ClN6OP. The van der Waals surface area contributed by atoms with E-state index in [1.54, 1.807) is 33.7 Å². The average Bonchev–Trinajstić information content (AvgIpc) is 3.11. The summed E-state index contributed by atoms with van der Waals surface area (Å²) in [5.41, 5.74) is 0. The fourth-order valence-corrected chi connectivity index (χ4v) is 2.85. The normalized spacial score (nSPS) is 10.8. The molecule has 96 valence electrons. The Balaban J connectivity index is 1.95. The van der Waals surface area contributed by atoms with E-state index >= 15 is 0 Å². The molecule has 0 N–H and O–H groups in total. The highest BCUT2D eigenvalue weighted by Gasteiger charge is 2.20. The van der Waals surface area contributed by atoms with E-state index in [2.05, 4.69) is 20.2 Å². The Morgan fingerprint density at radius 3 is 2.16 bits per heavy atom. The predicted octanol–water partition coefficient (Wildman–Crippen LogP) is 2.23. The molecule has 2 aromatic heterocycles. The van der Waals surface area contributed by atoms with Gasteiger partial charge in [-0.25, -0.2) is 9.97 Å². The molecule has 2 heterocycles. The summed E-state index contributed by atoms with van der Waals surface area (Å²) in [7, 11) is -1.37. The van der Waals surface area contributed by atoms with Crippen molar-refractivity contribution >= 4 is 20.1 Å². The van der Waals surface area contributed by atoms with Gasteiger partial charge in [0.25, 0.3) is 0 Å². The predicted molar refractivity (Wildman–Crippen MR) is 69.8 cm³/mol. The number of aromatic nitrogens is 6. The number of halogens is 1. The van der Waals surface area contributed by atoms with E-state index in [4.69, 9.17) is 16.1 Å². The molecule has 0 saturated heterocycles. The molecule has 0 radical (unpaired) electrons. The van der Waals surface area contributed by atoms with Crippen molar-refractivity contribution in [3.63, 3.8) is 0 Å². The van der Waals surface area contributed by atoms with Crippen LogP contribution in [0.15, 0.2) is 49.6 Å². The molecule has 9 heteroatoms. The van der Waals surface area contributed by atoms with Crippen LogP contribution in [-0.4, -0.2) is 29.1 Å². The van der Waals surface area contributed by atoms with Gasteiger partial charge in [-0.1, -0.05) is 23.7 Å². The van der Waals surface area contributed by atoms with Gasteiger partial charge in [-0.3, -0.25) is 0 Å². The fourth-order valence-electron chi connectivity index (χ4n) is 1.36. The molecule has 0 unspecified atom stereocenters. The van der Waals surface area contributed by atoms with Crippen LogP contribution in [0.5, 0.6) is 5.75 Å². The Bertz CT molecular complexity index is 610. The van der Waals surface area contributed by atoms with Gasteiger partial charge in [0, 0.05) is 0 Å². The molecule has 0 aliphatic carbocycles. The zero-order valence-corrected chi connectivity index (χ0v) is 11.2. The summed E-state index contributed by atoms with van der Waals surface area (Å²) < 4.78 is 9.04. The van der Waals surface area contributed by atoms with Crippen molar-refractivity contribution in [2.24, 2.45) is 0 Å². The van der Waals surface area contributed by atoms with E-state index in [-0.39, 0.29) is 0 Å². The van der Waals surface area contributed by atoms with Gasteiger partial charge >= 0.3 is 8.45 Å². The van der Waals surface area contributed by atoms with Crippen LogP contribution in [0.1, 0.15) is 0 Å². The van der Waals surface area contributed by atoms with Crippen molar-refractivity contribution < 1.29 is 4.52 Å². The Kier molecular flexibility index (Phi) is 3.39. The number of benzene rings is 1. The minimum atomic E-state index is -1.37. The van der Waals surface area contributed by atoms with Gasteiger partial charge in [-0.05, 0) is 12.1 Å². The van der Waals surface area contributed by atoms with Crippen LogP contribution in [0.4, 0.5) is 0 Å². The van der Waals surface area contributed by atoms with Gasteiger partial charge in [0.05, 0.1) is 5.02 Å². The Labute approximate surface area is 114 Å². The van der Waals surface area contributed by atoms with Crippen LogP contribution in [0, 0.1) is 0 Å². The summed E-state index contributed by atoms with van der Waals surface area (Å²) in [6.07, 6.45) is 5.99. The van der Waals surface area contributed by atoms with Crippen molar-refractivity contribution in [3.8, 4) is 5.75 Å². The van der Waals surface area contributed by atoms with Gasteiger partial charge in [0.15, 0.2) is 0 Å². The van der Waals surface area contributed by atoms with Gasteiger partial charge in [-0.15, -0.1) is 0 Å². The molecule has 1 aromatic carbocycles. The monoisotopic (exact) mass is 294 g/mol. The zero-order chi connectivity index (χ0) is 13.1. The van der Waals surface area contributed by atoms with Crippen LogP contribution >= 0.6 is 20.1 Å². The van der Waals surface area contributed by atoms with Gasteiger partial charge in [0.2, 0.25) is 0 Å².